The van der Waals surface area contributed by atoms with E-state index in [0.29, 0.717) is 12.5 Å². The van der Waals surface area contributed by atoms with Gasteiger partial charge in [0.25, 0.3) is 0 Å². The van der Waals surface area contributed by atoms with E-state index in [0.717, 1.165) is 36.5 Å². The van der Waals surface area contributed by atoms with Gasteiger partial charge in [0.05, 0.1) is 12.8 Å². The van der Waals surface area contributed by atoms with E-state index in [4.69, 9.17) is 4.74 Å². The Kier molecular flexibility index (Phi) is 8.16. The zero-order valence-electron chi connectivity index (χ0n) is 16.0. The van der Waals surface area contributed by atoms with Crippen LogP contribution in [0.1, 0.15) is 12.0 Å². The van der Waals surface area contributed by atoms with E-state index in [9.17, 15) is 9.50 Å². The van der Waals surface area contributed by atoms with Crippen LogP contribution in [0.2, 0.25) is 0 Å². The largest absolute Gasteiger partial charge is 0.505 e. The molecule has 1 unspecified atom stereocenters. The number of phenols is 1. The van der Waals surface area contributed by atoms with Crippen LogP contribution in [-0.2, 0) is 6.54 Å². The summed E-state index contributed by atoms with van der Waals surface area (Å²) in [6.45, 7) is 2.19. The molecule has 1 fully saturated rings. The number of anilines is 1. The summed E-state index contributed by atoms with van der Waals surface area (Å²) in [5.41, 5.74) is 1.82. The summed E-state index contributed by atoms with van der Waals surface area (Å²) < 4.78 is 18.9. The Balaban J connectivity index is 0.00000280. The first-order valence-corrected chi connectivity index (χ1v) is 8.93. The van der Waals surface area contributed by atoms with Gasteiger partial charge in [-0.1, -0.05) is 18.2 Å². The minimum Gasteiger partial charge on any atom is -0.505 e. The Labute approximate surface area is 181 Å². The fourth-order valence-corrected chi connectivity index (χ4v) is 3.22. The van der Waals surface area contributed by atoms with Crippen molar-refractivity contribution < 1.29 is 14.2 Å². The topological polar surface area (TPSA) is 69.1 Å². The number of aliphatic imine (C=N–C) groups is 1. The van der Waals surface area contributed by atoms with Crippen molar-refractivity contribution in [2.45, 2.75) is 19.0 Å². The van der Waals surface area contributed by atoms with Crippen molar-refractivity contribution in [3.05, 3.63) is 53.8 Å². The molecule has 6 nitrogen and oxygen atoms in total. The molecule has 0 radical (unpaired) electrons. The number of nitrogens with zero attached hydrogens (tertiary/aromatic N) is 2. The molecule has 3 N–H and O–H groups in total. The quantitative estimate of drug-likeness (QED) is 0.335. The second kappa shape index (κ2) is 10.4. The predicted octanol–water partition coefficient (Wildman–Crippen LogP) is 3.10. The maximum absolute atomic E-state index is 13.4. The van der Waals surface area contributed by atoms with Gasteiger partial charge < -0.3 is 25.4 Å². The maximum atomic E-state index is 13.4. The van der Waals surface area contributed by atoms with Crippen molar-refractivity contribution in [3.63, 3.8) is 0 Å². The first-order valence-electron chi connectivity index (χ1n) is 8.93. The summed E-state index contributed by atoms with van der Waals surface area (Å²) in [7, 11) is 3.39. The van der Waals surface area contributed by atoms with Gasteiger partial charge in [-0.15, -0.1) is 24.0 Å². The fourth-order valence-electron chi connectivity index (χ4n) is 3.22. The van der Waals surface area contributed by atoms with Gasteiger partial charge in [-0.2, -0.15) is 0 Å². The van der Waals surface area contributed by atoms with Crippen LogP contribution < -0.4 is 20.3 Å². The van der Waals surface area contributed by atoms with Crippen molar-refractivity contribution >= 4 is 35.6 Å². The summed E-state index contributed by atoms with van der Waals surface area (Å²) in [6.07, 6.45) is 0.979. The van der Waals surface area contributed by atoms with E-state index in [1.54, 1.807) is 20.2 Å². The molecular weight excluding hydrogens is 474 g/mol. The molecule has 0 aromatic heterocycles. The highest BCUT2D eigenvalue weighted by molar-refractivity contribution is 14.0. The number of rotatable bonds is 5. The van der Waals surface area contributed by atoms with E-state index >= 15 is 0 Å². The Hall–Kier alpha value is -2.23. The zero-order chi connectivity index (χ0) is 19.2. The van der Waals surface area contributed by atoms with E-state index in [1.807, 2.05) is 18.2 Å². The lowest BCUT2D eigenvalue weighted by molar-refractivity contribution is 0.415. The third kappa shape index (κ3) is 5.40. The highest BCUT2D eigenvalue weighted by Crippen LogP contribution is 2.30. The average Bonchev–Trinajstić information content (AvgIpc) is 3.16. The summed E-state index contributed by atoms with van der Waals surface area (Å²) in [6, 6.07) is 12.6. The molecule has 3 rings (SSSR count). The van der Waals surface area contributed by atoms with Gasteiger partial charge in [-0.3, -0.25) is 4.99 Å². The third-order valence-electron chi connectivity index (χ3n) is 4.65. The molecule has 0 saturated carbocycles. The molecule has 1 aliphatic rings. The smallest absolute Gasteiger partial charge is 0.191 e. The number of guanidine groups is 1. The molecule has 0 spiro atoms. The Morgan fingerprint density at radius 3 is 2.82 bits per heavy atom. The molecule has 2 aromatic carbocycles. The molecule has 0 aliphatic carbocycles. The maximum Gasteiger partial charge on any atom is 0.191 e. The summed E-state index contributed by atoms with van der Waals surface area (Å²) in [5, 5.41) is 15.9. The molecule has 0 amide bonds. The van der Waals surface area contributed by atoms with Crippen molar-refractivity contribution in [2.75, 3.05) is 32.1 Å². The average molecular weight is 500 g/mol. The fraction of sp³-hybridized carbons (Fsp3) is 0.350. The number of hydrogen-bond acceptors (Lipinski definition) is 4. The number of benzene rings is 2. The van der Waals surface area contributed by atoms with E-state index in [-0.39, 0.29) is 35.8 Å². The monoisotopic (exact) mass is 500 g/mol. The molecule has 28 heavy (non-hydrogen) atoms. The number of hydrogen-bond donors (Lipinski definition) is 3. The number of halogens is 2. The summed E-state index contributed by atoms with van der Waals surface area (Å²) >= 11 is 0. The third-order valence-corrected chi connectivity index (χ3v) is 4.65. The summed E-state index contributed by atoms with van der Waals surface area (Å²) in [4.78, 5) is 6.54. The van der Waals surface area contributed by atoms with Crippen LogP contribution >= 0.6 is 24.0 Å². The van der Waals surface area contributed by atoms with Crippen LogP contribution in [0.5, 0.6) is 11.5 Å². The Bertz CT molecular complexity index is 819. The Morgan fingerprint density at radius 1 is 1.32 bits per heavy atom. The molecule has 1 atom stereocenters. The first kappa shape index (κ1) is 22.1. The number of para-hydroxylation sites is 2. The van der Waals surface area contributed by atoms with Crippen LogP contribution in [0.3, 0.4) is 0 Å². The first-order chi connectivity index (χ1) is 13.1. The lowest BCUT2D eigenvalue weighted by Crippen LogP contribution is -2.44. The number of ether oxygens (including phenoxy) is 1. The minimum absolute atomic E-state index is 0. The molecule has 1 heterocycles. The second-order valence-corrected chi connectivity index (χ2v) is 6.46. The molecule has 2 aromatic rings. The van der Waals surface area contributed by atoms with Gasteiger partial charge in [-0.25, -0.2) is 4.39 Å². The zero-order valence-corrected chi connectivity index (χ0v) is 18.3. The van der Waals surface area contributed by atoms with Gasteiger partial charge in [0.15, 0.2) is 17.5 Å². The SMILES string of the molecule is CN=C(NCc1ccc(O)c(F)c1)NC1CCN(c2ccccc2OC)C1.I. The van der Waals surface area contributed by atoms with E-state index in [2.05, 4.69) is 26.6 Å². The van der Waals surface area contributed by atoms with Crippen molar-refractivity contribution in [2.24, 2.45) is 4.99 Å². The van der Waals surface area contributed by atoms with Gasteiger partial charge in [0, 0.05) is 32.7 Å². The number of nitrogens with one attached hydrogen (secondary N) is 2. The van der Waals surface area contributed by atoms with Gasteiger partial charge in [0.1, 0.15) is 5.75 Å². The number of methoxy groups -OCH3 is 1. The van der Waals surface area contributed by atoms with Crippen LogP contribution in [0, 0.1) is 5.82 Å². The van der Waals surface area contributed by atoms with Gasteiger partial charge >= 0.3 is 0 Å². The number of aromatic hydroxyl groups is 1. The van der Waals surface area contributed by atoms with Crippen LogP contribution in [-0.4, -0.2) is 44.4 Å². The Morgan fingerprint density at radius 2 is 2.11 bits per heavy atom. The van der Waals surface area contributed by atoms with E-state index < -0.39 is 5.82 Å². The van der Waals surface area contributed by atoms with Crippen molar-refractivity contribution in [3.8, 4) is 11.5 Å². The predicted molar refractivity (Wildman–Crippen MR) is 120 cm³/mol. The van der Waals surface area contributed by atoms with Crippen LogP contribution in [0.4, 0.5) is 10.1 Å². The lowest BCUT2D eigenvalue weighted by Gasteiger charge is -2.22. The van der Waals surface area contributed by atoms with E-state index in [1.165, 1.54) is 12.1 Å². The molecule has 8 heteroatoms. The van der Waals surface area contributed by atoms with Crippen LogP contribution in [0.25, 0.3) is 0 Å². The van der Waals surface area contributed by atoms with Crippen molar-refractivity contribution in [1.29, 1.82) is 0 Å². The lowest BCUT2D eigenvalue weighted by atomic mass is 10.2. The summed E-state index contributed by atoms with van der Waals surface area (Å²) in [5.74, 6) is 0.564. The second-order valence-electron chi connectivity index (χ2n) is 6.46. The van der Waals surface area contributed by atoms with Crippen LogP contribution in [0.15, 0.2) is 47.5 Å². The highest BCUT2D eigenvalue weighted by Gasteiger charge is 2.25. The molecule has 1 aliphatic heterocycles. The molecular formula is C20H26FIN4O2. The minimum atomic E-state index is -0.625. The highest BCUT2D eigenvalue weighted by atomic mass is 127. The molecule has 1 saturated heterocycles. The number of phenolic OH excluding ortho intramolecular Hbond substituents is 1. The molecule has 152 valence electrons. The normalized spacial score (nSPS) is 16.5. The van der Waals surface area contributed by atoms with Gasteiger partial charge in [-0.05, 0) is 36.2 Å². The van der Waals surface area contributed by atoms with Crippen molar-refractivity contribution in [1.82, 2.24) is 10.6 Å². The molecule has 0 bridgehead atoms. The standard InChI is InChI=1S/C20H25FN4O2.HI/c1-22-20(23-12-14-7-8-18(26)16(21)11-14)24-15-9-10-25(13-15)17-5-3-4-6-19(17)27-2;/h3-8,11,15,26H,9-10,12-13H2,1-2H3,(H2,22,23,24);1H. The van der Waals surface area contributed by atoms with Gasteiger partial charge in [0.2, 0.25) is 0 Å².